The molecule has 0 radical (unpaired) electrons. The highest BCUT2D eigenvalue weighted by molar-refractivity contribution is 7.98. The van der Waals surface area contributed by atoms with Crippen molar-refractivity contribution in [3.8, 4) is 11.5 Å². The number of hydrogen-bond acceptors (Lipinski definition) is 4. The average Bonchev–Trinajstić information content (AvgIpc) is 2.47. The molecule has 6 heteroatoms. The average molecular weight is 309 g/mol. The van der Waals surface area contributed by atoms with E-state index < -0.39 is 0 Å². The summed E-state index contributed by atoms with van der Waals surface area (Å²) in [5.74, 6) is 1.04. The van der Waals surface area contributed by atoms with Gasteiger partial charge in [-0.1, -0.05) is 35.0 Å². The minimum Gasteiger partial charge on any atom is -0.455 e. The van der Waals surface area contributed by atoms with E-state index in [4.69, 9.17) is 27.3 Å². The summed E-state index contributed by atoms with van der Waals surface area (Å²) in [5.41, 5.74) is 6.02. The first-order chi connectivity index (χ1) is 9.67. The summed E-state index contributed by atoms with van der Waals surface area (Å²) in [6.45, 7) is 0. The Morgan fingerprint density at radius 1 is 1.20 bits per heavy atom. The predicted octanol–water partition coefficient (Wildman–Crippen LogP) is 3.95. The van der Waals surface area contributed by atoms with Crippen LogP contribution in [0, 0.1) is 0 Å². The Morgan fingerprint density at radius 3 is 2.60 bits per heavy atom. The lowest BCUT2D eigenvalue weighted by molar-refractivity contribution is 0.318. The van der Waals surface area contributed by atoms with Crippen LogP contribution in [0.5, 0.6) is 11.5 Å². The summed E-state index contributed by atoms with van der Waals surface area (Å²) in [6, 6.07) is 12.7. The molecule has 20 heavy (non-hydrogen) atoms. The van der Waals surface area contributed by atoms with Crippen molar-refractivity contribution in [1.29, 1.82) is 0 Å². The molecule has 3 N–H and O–H groups in total. The van der Waals surface area contributed by atoms with Crippen molar-refractivity contribution < 1.29 is 9.94 Å². The minimum atomic E-state index is -0.0905. The van der Waals surface area contributed by atoms with Crippen molar-refractivity contribution in [3.63, 3.8) is 0 Å². The number of benzene rings is 2. The zero-order chi connectivity index (χ0) is 14.5. The van der Waals surface area contributed by atoms with Gasteiger partial charge in [0.25, 0.3) is 0 Å². The zero-order valence-corrected chi connectivity index (χ0v) is 12.3. The summed E-state index contributed by atoms with van der Waals surface area (Å²) in [5, 5.41) is 12.2. The number of halogens is 1. The van der Waals surface area contributed by atoms with E-state index >= 15 is 0 Å². The van der Waals surface area contributed by atoms with Gasteiger partial charge in [0, 0.05) is 4.90 Å². The molecule has 0 aliphatic rings. The molecule has 0 aromatic heterocycles. The Balaban J connectivity index is 2.46. The molecular formula is C14H13ClN2O2S. The molecule has 0 bridgehead atoms. The summed E-state index contributed by atoms with van der Waals surface area (Å²) < 4.78 is 5.86. The predicted molar refractivity (Wildman–Crippen MR) is 82.3 cm³/mol. The van der Waals surface area contributed by atoms with Crippen LogP contribution in [-0.2, 0) is 0 Å². The number of rotatable bonds is 4. The lowest BCUT2D eigenvalue weighted by Crippen LogP contribution is -2.14. The van der Waals surface area contributed by atoms with Gasteiger partial charge in [-0.05, 0) is 30.5 Å². The fourth-order valence-corrected chi connectivity index (χ4v) is 2.50. The molecule has 104 valence electrons. The fourth-order valence-electron chi connectivity index (χ4n) is 1.71. The summed E-state index contributed by atoms with van der Waals surface area (Å²) in [4.78, 5) is 0.984. The first-order valence-corrected chi connectivity index (χ1v) is 7.35. The van der Waals surface area contributed by atoms with Crippen LogP contribution >= 0.6 is 23.4 Å². The highest BCUT2D eigenvalue weighted by Crippen LogP contribution is 2.34. The second-order valence-electron chi connectivity index (χ2n) is 3.85. The van der Waals surface area contributed by atoms with Crippen LogP contribution < -0.4 is 10.5 Å². The van der Waals surface area contributed by atoms with Gasteiger partial charge in [-0.3, -0.25) is 0 Å². The smallest absolute Gasteiger partial charge is 0.175 e. The van der Waals surface area contributed by atoms with Crippen molar-refractivity contribution in [2.75, 3.05) is 6.26 Å². The molecule has 0 unspecified atom stereocenters. The minimum absolute atomic E-state index is 0.0905. The lowest BCUT2D eigenvalue weighted by atomic mass is 10.2. The molecule has 2 aromatic carbocycles. The van der Waals surface area contributed by atoms with Gasteiger partial charge in [0.1, 0.15) is 11.5 Å². The molecule has 0 fully saturated rings. The molecule has 0 aliphatic carbocycles. The molecule has 0 aliphatic heterocycles. The van der Waals surface area contributed by atoms with Crippen molar-refractivity contribution >= 4 is 29.2 Å². The molecule has 0 saturated heterocycles. The van der Waals surface area contributed by atoms with Gasteiger partial charge in [-0.25, -0.2) is 0 Å². The van der Waals surface area contributed by atoms with Crippen LogP contribution in [0.25, 0.3) is 0 Å². The van der Waals surface area contributed by atoms with E-state index in [2.05, 4.69) is 5.16 Å². The van der Waals surface area contributed by atoms with E-state index in [0.717, 1.165) is 4.90 Å². The SMILES string of the molecule is CSc1ccccc1Oc1cccc(Cl)c1C(N)=NO. The third kappa shape index (κ3) is 3.00. The van der Waals surface area contributed by atoms with E-state index in [1.165, 1.54) is 0 Å². The molecule has 0 amide bonds. The zero-order valence-electron chi connectivity index (χ0n) is 10.7. The van der Waals surface area contributed by atoms with Crippen LogP contribution in [0.3, 0.4) is 0 Å². The third-order valence-electron chi connectivity index (χ3n) is 2.63. The standard InChI is InChI=1S/C14H13ClN2O2S/c1-20-12-8-3-2-6-10(12)19-11-7-4-5-9(15)13(11)14(16)17-18/h2-8,18H,1H3,(H2,16,17). The molecule has 0 spiro atoms. The van der Waals surface area contributed by atoms with Crippen LogP contribution in [0.15, 0.2) is 52.5 Å². The molecule has 2 aromatic rings. The van der Waals surface area contributed by atoms with E-state index in [9.17, 15) is 0 Å². The Labute approximate surface area is 126 Å². The second-order valence-corrected chi connectivity index (χ2v) is 5.11. The number of nitrogens with zero attached hydrogens (tertiary/aromatic N) is 1. The van der Waals surface area contributed by atoms with Crippen molar-refractivity contribution in [2.45, 2.75) is 4.90 Å². The Morgan fingerprint density at radius 2 is 1.90 bits per heavy atom. The largest absolute Gasteiger partial charge is 0.455 e. The summed E-state index contributed by atoms with van der Waals surface area (Å²) in [7, 11) is 0. The summed E-state index contributed by atoms with van der Waals surface area (Å²) >= 11 is 7.66. The Hall–Kier alpha value is -1.85. The maximum atomic E-state index is 8.85. The van der Waals surface area contributed by atoms with E-state index in [0.29, 0.717) is 22.1 Å². The van der Waals surface area contributed by atoms with Crippen molar-refractivity contribution in [1.82, 2.24) is 0 Å². The highest BCUT2D eigenvalue weighted by atomic mass is 35.5. The normalized spacial score (nSPS) is 11.4. The molecular weight excluding hydrogens is 296 g/mol. The van der Waals surface area contributed by atoms with Gasteiger partial charge in [-0.15, -0.1) is 11.8 Å². The molecule has 0 atom stereocenters. The number of nitrogens with two attached hydrogens (primary N) is 1. The maximum absolute atomic E-state index is 8.85. The van der Waals surface area contributed by atoms with Gasteiger partial charge >= 0.3 is 0 Å². The monoisotopic (exact) mass is 308 g/mol. The molecule has 4 nitrogen and oxygen atoms in total. The van der Waals surface area contributed by atoms with Crippen LogP contribution in [0.1, 0.15) is 5.56 Å². The van der Waals surface area contributed by atoms with Crippen molar-refractivity contribution in [3.05, 3.63) is 53.1 Å². The van der Waals surface area contributed by atoms with Gasteiger partial charge in [-0.2, -0.15) is 0 Å². The number of oxime groups is 1. The van der Waals surface area contributed by atoms with E-state index in [1.54, 1.807) is 30.0 Å². The highest BCUT2D eigenvalue weighted by Gasteiger charge is 2.14. The number of para-hydroxylation sites is 1. The third-order valence-corrected chi connectivity index (χ3v) is 3.72. The number of thioether (sulfide) groups is 1. The molecule has 0 heterocycles. The maximum Gasteiger partial charge on any atom is 0.175 e. The first-order valence-electron chi connectivity index (χ1n) is 5.74. The van der Waals surface area contributed by atoms with Gasteiger partial charge in [0.2, 0.25) is 0 Å². The topological polar surface area (TPSA) is 67.8 Å². The van der Waals surface area contributed by atoms with Gasteiger partial charge in [0.05, 0.1) is 10.6 Å². The van der Waals surface area contributed by atoms with E-state index in [-0.39, 0.29) is 5.84 Å². The quantitative estimate of drug-likeness (QED) is 0.295. The van der Waals surface area contributed by atoms with Crippen LogP contribution in [0.4, 0.5) is 0 Å². The van der Waals surface area contributed by atoms with Crippen molar-refractivity contribution in [2.24, 2.45) is 10.9 Å². The Bertz CT molecular complexity index is 647. The van der Waals surface area contributed by atoms with Crippen LogP contribution in [-0.4, -0.2) is 17.3 Å². The number of hydrogen-bond donors (Lipinski definition) is 2. The van der Waals surface area contributed by atoms with Gasteiger partial charge < -0.3 is 15.7 Å². The number of amidine groups is 1. The van der Waals surface area contributed by atoms with E-state index in [1.807, 2.05) is 30.5 Å². The fraction of sp³-hybridized carbons (Fsp3) is 0.0714. The van der Waals surface area contributed by atoms with Gasteiger partial charge in [0.15, 0.2) is 5.84 Å². The Kier molecular flexibility index (Phi) is 4.76. The molecule has 2 rings (SSSR count). The second kappa shape index (κ2) is 6.54. The van der Waals surface area contributed by atoms with Crippen LogP contribution in [0.2, 0.25) is 5.02 Å². The summed E-state index contributed by atoms with van der Waals surface area (Å²) in [6.07, 6.45) is 1.96. The first kappa shape index (κ1) is 14.6. The number of ether oxygens (including phenoxy) is 1. The molecule has 0 saturated carbocycles. The lowest BCUT2D eigenvalue weighted by Gasteiger charge is -2.13.